The average Bonchev–Trinajstić information content (AvgIpc) is 3.14. The van der Waals surface area contributed by atoms with E-state index >= 15 is 0 Å². The fourth-order valence-electron chi connectivity index (χ4n) is 3.22. The van der Waals surface area contributed by atoms with Crippen molar-refractivity contribution in [2.45, 2.75) is 25.8 Å². The summed E-state index contributed by atoms with van der Waals surface area (Å²) in [6.07, 6.45) is 3.16. The number of tetrazole rings is 1. The second-order valence-electron chi connectivity index (χ2n) is 6.18. The minimum Gasteiger partial charge on any atom is -0.337 e. The summed E-state index contributed by atoms with van der Waals surface area (Å²) in [6.45, 7) is 3.40. The molecular formula is C15H22N6O2S. The molecule has 0 saturated carbocycles. The molecular weight excluding hydrogens is 328 g/mol. The van der Waals surface area contributed by atoms with E-state index in [4.69, 9.17) is 0 Å². The van der Waals surface area contributed by atoms with Crippen molar-refractivity contribution >= 4 is 16.0 Å². The average molecular weight is 350 g/mol. The predicted octanol–water partition coefficient (Wildman–Crippen LogP) is 0.816. The van der Waals surface area contributed by atoms with E-state index in [1.165, 1.54) is 6.26 Å². The van der Waals surface area contributed by atoms with E-state index in [9.17, 15) is 8.42 Å². The summed E-state index contributed by atoms with van der Waals surface area (Å²) >= 11 is 0. The quantitative estimate of drug-likeness (QED) is 0.829. The molecule has 0 radical (unpaired) electrons. The summed E-state index contributed by atoms with van der Waals surface area (Å²) in [5, 5.41) is 12.0. The number of sulfonamides is 1. The molecule has 24 heavy (non-hydrogen) atoms. The van der Waals surface area contributed by atoms with Crippen molar-refractivity contribution in [3.05, 3.63) is 30.3 Å². The fourth-order valence-corrected chi connectivity index (χ4v) is 4.04. The van der Waals surface area contributed by atoms with Gasteiger partial charge in [0.05, 0.1) is 11.9 Å². The standard InChI is InChI=1S/C15H22N6O2S/c1-3-7-12-10-20(11-14(12)17-24(2,22)23)15-16-18-19-21(15)13-8-5-4-6-9-13/h4-6,8-9,12,14,17H,3,7,10-11H2,1-2H3/t12-,14-/m1/s1. The first-order chi connectivity index (χ1) is 11.5. The zero-order chi connectivity index (χ0) is 17.2. The number of anilines is 1. The zero-order valence-corrected chi connectivity index (χ0v) is 14.6. The van der Waals surface area contributed by atoms with E-state index in [-0.39, 0.29) is 12.0 Å². The Bertz CT molecular complexity index is 776. The maximum absolute atomic E-state index is 11.6. The van der Waals surface area contributed by atoms with Gasteiger partial charge >= 0.3 is 0 Å². The van der Waals surface area contributed by atoms with Gasteiger partial charge in [-0.15, -0.1) is 0 Å². The van der Waals surface area contributed by atoms with Gasteiger partial charge in [0.25, 0.3) is 0 Å². The van der Waals surface area contributed by atoms with Gasteiger partial charge in [0.1, 0.15) is 0 Å². The van der Waals surface area contributed by atoms with Crippen LogP contribution in [0.2, 0.25) is 0 Å². The first-order valence-corrected chi connectivity index (χ1v) is 9.93. The van der Waals surface area contributed by atoms with Gasteiger partial charge in [-0.25, -0.2) is 13.1 Å². The van der Waals surface area contributed by atoms with Crippen LogP contribution in [0.3, 0.4) is 0 Å². The van der Waals surface area contributed by atoms with Gasteiger partial charge in [0.2, 0.25) is 16.0 Å². The zero-order valence-electron chi connectivity index (χ0n) is 13.8. The summed E-state index contributed by atoms with van der Waals surface area (Å²) in [6, 6.07) is 9.54. The number of hydrogen-bond donors (Lipinski definition) is 1. The van der Waals surface area contributed by atoms with E-state index < -0.39 is 10.0 Å². The lowest BCUT2D eigenvalue weighted by Gasteiger charge is -2.17. The normalized spacial score (nSPS) is 21.3. The molecule has 0 unspecified atom stereocenters. The van der Waals surface area contributed by atoms with Gasteiger partial charge in [0.15, 0.2) is 0 Å². The third-order valence-corrected chi connectivity index (χ3v) is 4.93. The lowest BCUT2D eigenvalue weighted by Crippen LogP contribution is -2.40. The molecule has 1 aliphatic heterocycles. The molecule has 2 atom stereocenters. The van der Waals surface area contributed by atoms with Crippen molar-refractivity contribution in [2.75, 3.05) is 24.2 Å². The summed E-state index contributed by atoms with van der Waals surface area (Å²) in [5.74, 6) is 0.880. The molecule has 2 aromatic rings. The Kier molecular flexibility index (Phi) is 4.81. The number of benzene rings is 1. The van der Waals surface area contributed by atoms with Crippen LogP contribution in [-0.4, -0.2) is 54.0 Å². The summed E-state index contributed by atoms with van der Waals surface area (Å²) in [5.41, 5.74) is 0.879. The Morgan fingerprint density at radius 1 is 1.25 bits per heavy atom. The topological polar surface area (TPSA) is 93.0 Å². The van der Waals surface area contributed by atoms with Gasteiger partial charge in [0, 0.05) is 19.1 Å². The molecule has 130 valence electrons. The summed E-state index contributed by atoms with van der Waals surface area (Å²) in [7, 11) is -3.25. The SMILES string of the molecule is CCC[C@@H]1CN(c2nnnn2-c2ccccc2)C[C@H]1NS(C)(=O)=O. The first kappa shape index (κ1) is 16.8. The Balaban J connectivity index is 1.85. The third kappa shape index (κ3) is 3.73. The van der Waals surface area contributed by atoms with Crippen molar-refractivity contribution in [1.82, 2.24) is 24.9 Å². The highest BCUT2D eigenvalue weighted by atomic mass is 32.2. The molecule has 1 fully saturated rings. The van der Waals surface area contributed by atoms with Crippen LogP contribution in [0, 0.1) is 5.92 Å². The van der Waals surface area contributed by atoms with Gasteiger partial charge in [-0.2, -0.15) is 4.68 Å². The number of nitrogens with zero attached hydrogens (tertiary/aromatic N) is 5. The van der Waals surface area contributed by atoms with E-state index in [0.29, 0.717) is 12.5 Å². The molecule has 0 bridgehead atoms. The molecule has 1 aromatic heterocycles. The van der Waals surface area contributed by atoms with Gasteiger partial charge < -0.3 is 4.90 Å². The highest BCUT2D eigenvalue weighted by Gasteiger charge is 2.36. The molecule has 0 amide bonds. The highest BCUT2D eigenvalue weighted by Crippen LogP contribution is 2.27. The van der Waals surface area contributed by atoms with Crippen LogP contribution in [-0.2, 0) is 10.0 Å². The number of hydrogen-bond acceptors (Lipinski definition) is 6. The Morgan fingerprint density at radius 2 is 2.00 bits per heavy atom. The third-order valence-electron chi connectivity index (χ3n) is 4.20. The van der Waals surface area contributed by atoms with E-state index in [1.54, 1.807) is 4.68 Å². The van der Waals surface area contributed by atoms with Gasteiger partial charge in [-0.05, 0) is 34.9 Å². The van der Waals surface area contributed by atoms with Crippen molar-refractivity contribution in [1.29, 1.82) is 0 Å². The molecule has 1 saturated heterocycles. The predicted molar refractivity (Wildman–Crippen MR) is 91.5 cm³/mol. The van der Waals surface area contributed by atoms with E-state index in [2.05, 4.69) is 32.1 Å². The molecule has 9 heteroatoms. The largest absolute Gasteiger partial charge is 0.337 e. The molecule has 8 nitrogen and oxygen atoms in total. The number of aromatic nitrogens is 4. The van der Waals surface area contributed by atoms with Crippen LogP contribution >= 0.6 is 0 Å². The summed E-state index contributed by atoms with van der Waals surface area (Å²) in [4.78, 5) is 2.05. The fraction of sp³-hybridized carbons (Fsp3) is 0.533. The van der Waals surface area contributed by atoms with E-state index in [1.807, 2.05) is 30.3 Å². The number of rotatable bonds is 6. The lowest BCUT2D eigenvalue weighted by atomic mass is 9.99. The van der Waals surface area contributed by atoms with Crippen LogP contribution in [0.25, 0.3) is 5.69 Å². The number of nitrogens with one attached hydrogen (secondary N) is 1. The Hall–Kier alpha value is -2.00. The Morgan fingerprint density at radius 3 is 2.67 bits per heavy atom. The van der Waals surface area contributed by atoms with Crippen LogP contribution in [0.1, 0.15) is 19.8 Å². The van der Waals surface area contributed by atoms with Crippen molar-refractivity contribution in [3.63, 3.8) is 0 Å². The van der Waals surface area contributed by atoms with Crippen LogP contribution in [0.4, 0.5) is 5.95 Å². The van der Waals surface area contributed by atoms with Crippen molar-refractivity contribution in [2.24, 2.45) is 5.92 Å². The Labute approximate surface area is 141 Å². The second kappa shape index (κ2) is 6.86. The van der Waals surface area contributed by atoms with Gasteiger partial charge in [-0.3, -0.25) is 0 Å². The second-order valence-corrected chi connectivity index (χ2v) is 7.96. The molecule has 0 aliphatic carbocycles. The van der Waals surface area contributed by atoms with Crippen LogP contribution in [0.5, 0.6) is 0 Å². The van der Waals surface area contributed by atoms with Crippen molar-refractivity contribution < 1.29 is 8.42 Å². The molecule has 1 N–H and O–H groups in total. The van der Waals surface area contributed by atoms with Gasteiger partial charge in [-0.1, -0.05) is 36.6 Å². The maximum atomic E-state index is 11.6. The molecule has 2 heterocycles. The van der Waals surface area contributed by atoms with Crippen LogP contribution < -0.4 is 9.62 Å². The minimum absolute atomic E-state index is 0.124. The van der Waals surface area contributed by atoms with Crippen LogP contribution in [0.15, 0.2) is 30.3 Å². The highest BCUT2D eigenvalue weighted by molar-refractivity contribution is 7.88. The minimum atomic E-state index is -3.25. The molecule has 1 aliphatic rings. The molecule has 1 aromatic carbocycles. The maximum Gasteiger partial charge on any atom is 0.250 e. The molecule has 0 spiro atoms. The van der Waals surface area contributed by atoms with E-state index in [0.717, 1.165) is 25.1 Å². The molecule has 3 rings (SSSR count). The summed E-state index contributed by atoms with van der Waals surface area (Å²) < 4.78 is 27.7. The smallest absolute Gasteiger partial charge is 0.250 e. The van der Waals surface area contributed by atoms with Crippen molar-refractivity contribution in [3.8, 4) is 5.69 Å². The lowest BCUT2D eigenvalue weighted by molar-refractivity contribution is 0.442. The monoisotopic (exact) mass is 350 g/mol. The first-order valence-electron chi connectivity index (χ1n) is 8.04. The number of para-hydroxylation sites is 1.